The summed E-state index contributed by atoms with van der Waals surface area (Å²) >= 11 is 0. The molecule has 1 aliphatic rings. The summed E-state index contributed by atoms with van der Waals surface area (Å²) in [5.41, 5.74) is 13.0. The van der Waals surface area contributed by atoms with Crippen LogP contribution in [0.15, 0.2) is 121 Å². The number of imidazole rings is 2. The molecule has 2 heterocycles. The predicted octanol–water partition coefficient (Wildman–Crippen LogP) is 8.99. The second-order valence-electron chi connectivity index (χ2n) is 12.0. The maximum absolute atomic E-state index is 4.89. The number of fused-ring (bicyclic) bond motifs is 3. The molecule has 0 spiro atoms. The van der Waals surface area contributed by atoms with Crippen molar-refractivity contribution in [3.05, 3.63) is 138 Å². The minimum atomic E-state index is -0.0828. The van der Waals surface area contributed by atoms with Gasteiger partial charge in [0.15, 0.2) is 0 Å². The number of para-hydroxylation sites is 4. The molecule has 5 aromatic carbocycles. The van der Waals surface area contributed by atoms with Gasteiger partial charge in [0.25, 0.3) is 0 Å². The molecule has 1 unspecified atom stereocenters. The zero-order chi connectivity index (χ0) is 29.1. The lowest BCUT2D eigenvalue weighted by molar-refractivity contribution is 0.587. The lowest BCUT2D eigenvalue weighted by atomic mass is 9.72. The molecule has 0 amide bonds. The molecule has 4 nitrogen and oxygen atoms in total. The lowest BCUT2D eigenvalue weighted by Gasteiger charge is -2.31. The summed E-state index contributed by atoms with van der Waals surface area (Å²) in [7, 11) is 4.17. The first kappa shape index (κ1) is 25.5. The van der Waals surface area contributed by atoms with E-state index in [1.807, 2.05) is 12.1 Å². The van der Waals surface area contributed by atoms with E-state index in [1.54, 1.807) is 0 Å². The van der Waals surface area contributed by atoms with Gasteiger partial charge in [0.05, 0.1) is 22.1 Å². The van der Waals surface area contributed by atoms with Crippen LogP contribution in [0.4, 0.5) is 0 Å². The molecular weight excluding hydrogens is 524 g/mol. The molecule has 0 saturated carbocycles. The van der Waals surface area contributed by atoms with Crippen molar-refractivity contribution < 1.29 is 0 Å². The van der Waals surface area contributed by atoms with E-state index in [0.717, 1.165) is 51.3 Å². The van der Waals surface area contributed by atoms with E-state index in [9.17, 15) is 0 Å². The van der Waals surface area contributed by atoms with E-state index in [1.165, 1.54) is 27.8 Å². The van der Waals surface area contributed by atoms with Gasteiger partial charge in [0.1, 0.15) is 11.6 Å². The quantitative estimate of drug-likeness (QED) is 0.217. The summed E-state index contributed by atoms with van der Waals surface area (Å²) in [4.78, 5) is 9.77. The maximum atomic E-state index is 4.89. The van der Waals surface area contributed by atoms with Crippen LogP contribution in [0.1, 0.15) is 23.6 Å². The van der Waals surface area contributed by atoms with Crippen molar-refractivity contribution in [1.29, 1.82) is 0 Å². The Bertz CT molecular complexity index is 2180. The van der Waals surface area contributed by atoms with Gasteiger partial charge < -0.3 is 9.13 Å². The highest BCUT2D eigenvalue weighted by atomic mass is 15.1. The van der Waals surface area contributed by atoms with E-state index in [2.05, 4.69) is 145 Å². The molecule has 0 radical (unpaired) electrons. The van der Waals surface area contributed by atoms with E-state index >= 15 is 0 Å². The molecule has 0 bridgehead atoms. The van der Waals surface area contributed by atoms with Crippen molar-refractivity contribution in [3.8, 4) is 33.9 Å². The summed E-state index contributed by atoms with van der Waals surface area (Å²) in [6, 6.07) is 41.2. The molecule has 43 heavy (non-hydrogen) atoms. The van der Waals surface area contributed by atoms with Gasteiger partial charge in [-0.3, -0.25) is 0 Å². The number of allylic oxidation sites excluding steroid dienone is 1. The van der Waals surface area contributed by atoms with E-state index < -0.39 is 0 Å². The molecule has 0 aliphatic heterocycles. The van der Waals surface area contributed by atoms with Crippen LogP contribution < -0.4 is 0 Å². The Labute approximate surface area is 251 Å². The molecular formula is C39H32N4. The van der Waals surface area contributed by atoms with Crippen molar-refractivity contribution in [2.45, 2.75) is 18.8 Å². The Kier molecular flexibility index (Phi) is 5.73. The van der Waals surface area contributed by atoms with E-state index in [-0.39, 0.29) is 5.41 Å². The number of aryl methyl sites for hydroxylation is 2. The third-order valence-electron chi connectivity index (χ3n) is 9.18. The minimum Gasteiger partial charge on any atom is -0.327 e. The van der Waals surface area contributed by atoms with Crippen LogP contribution >= 0.6 is 0 Å². The Morgan fingerprint density at radius 2 is 1.09 bits per heavy atom. The van der Waals surface area contributed by atoms with Crippen molar-refractivity contribution in [3.63, 3.8) is 0 Å². The fourth-order valence-electron chi connectivity index (χ4n) is 6.65. The highest BCUT2D eigenvalue weighted by Crippen LogP contribution is 2.38. The largest absolute Gasteiger partial charge is 0.327 e. The van der Waals surface area contributed by atoms with Gasteiger partial charge in [-0.1, -0.05) is 110 Å². The molecule has 8 rings (SSSR count). The summed E-state index contributed by atoms with van der Waals surface area (Å²) in [5, 5.41) is 0. The average Bonchev–Trinajstić information content (AvgIpc) is 3.57. The van der Waals surface area contributed by atoms with Crippen molar-refractivity contribution >= 4 is 28.1 Å². The molecule has 0 N–H and O–H groups in total. The maximum Gasteiger partial charge on any atom is 0.140 e. The molecule has 0 fully saturated rings. The molecule has 4 heteroatoms. The molecule has 0 saturated heterocycles. The highest BCUT2D eigenvalue weighted by Gasteiger charge is 2.28. The van der Waals surface area contributed by atoms with Gasteiger partial charge in [-0.05, 0) is 58.5 Å². The van der Waals surface area contributed by atoms with Crippen LogP contribution in [-0.4, -0.2) is 19.1 Å². The molecule has 208 valence electrons. The predicted molar refractivity (Wildman–Crippen MR) is 178 cm³/mol. The standard InChI is InChI=1S/C39H32N4/c1-39(32-20-18-29(19-21-32)38-41-34-9-5-7-11-36(34)43(38)3)23-22-27-14-17-30(24-31(27)25-39)26-12-15-28(16-13-26)37-40-33-8-4-6-10-35(33)42(37)2/h4-24H,25H2,1-3H3. The number of benzene rings is 5. The fraction of sp³-hybridized carbons (Fsp3) is 0.128. The van der Waals surface area contributed by atoms with Gasteiger partial charge in [-0.2, -0.15) is 0 Å². The van der Waals surface area contributed by atoms with Crippen LogP contribution in [0, 0.1) is 0 Å². The third-order valence-corrected chi connectivity index (χ3v) is 9.18. The minimum absolute atomic E-state index is 0.0828. The molecule has 1 atom stereocenters. The third kappa shape index (κ3) is 4.21. The van der Waals surface area contributed by atoms with Gasteiger partial charge in [0.2, 0.25) is 0 Å². The van der Waals surface area contributed by atoms with Crippen molar-refractivity contribution in [2.24, 2.45) is 14.1 Å². The van der Waals surface area contributed by atoms with Crippen molar-refractivity contribution in [2.75, 3.05) is 0 Å². The Hall–Kier alpha value is -5.22. The molecule has 1 aliphatic carbocycles. The number of rotatable bonds is 4. The van der Waals surface area contributed by atoms with E-state index in [0.29, 0.717) is 0 Å². The smallest absolute Gasteiger partial charge is 0.140 e. The normalized spacial score (nSPS) is 16.2. The van der Waals surface area contributed by atoms with Crippen LogP contribution in [-0.2, 0) is 25.9 Å². The van der Waals surface area contributed by atoms with Crippen LogP contribution in [0.5, 0.6) is 0 Å². The lowest BCUT2D eigenvalue weighted by Crippen LogP contribution is -2.25. The van der Waals surface area contributed by atoms with Crippen LogP contribution in [0.3, 0.4) is 0 Å². The van der Waals surface area contributed by atoms with Crippen LogP contribution in [0.25, 0.3) is 62.0 Å². The highest BCUT2D eigenvalue weighted by molar-refractivity contribution is 5.82. The summed E-state index contributed by atoms with van der Waals surface area (Å²) < 4.78 is 4.34. The average molecular weight is 557 g/mol. The van der Waals surface area contributed by atoms with Crippen LogP contribution in [0.2, 0.25) is 0 Å². The first-order chi connectivity index (χ1) is 21.0. The summed E-state index contributed by atoms with van der Waals surface area (Å²) in [5.74, 6) is 1.98. The second-order valence-corrected chi connectivity index (χ2v) is 12.0. The Morgan fingerprint density at radius 1 is 0.581 bits per heavy atom. The van der Waals surface area contributed by atoms with Gasteiger partial charge in [0, 0.05) is 30.6 Å². The monoisotopic (exact) mass is 556 g/mol. The number of nitrogens with zero attached hydrogens (tertiary/aromatic N) is 4. The first-order valence-corrected chi connectivity index (χ1v) is 14.8. The zero-order valence-electron chi connectivity index (χ0n) is 24.6. The molecule has 2 aromatic heterocycles. The molecule has 7 aromatic rings. The summed E-state index contributed by atoms with van der Waals surface area (Å²) in [6.07, 6.45) is 5.61. The van der Waals surface area contributed by atoms with Gasteiger partial charge in [-0.15, -0.1) is 0 Å². The Balaban J connectivity index is 1.06. The number of aromatic nitrogens is 4. The number of hydrogen-bond acceptors (Lipinski definition) is 2. The van der Waals surface area contributed by atoms with Gasteiger partial charge in [-0.25, -0.2) is 9.97 Å². The summed E-state index contributed by atoms with van der Waals surface area (Å²) in [6.45, 7) is 2.34. The fourth-order valence-corrected chi connectivity index (χ4v) is 6.65. The first-order valence-electron chi connectivity index (χ1n) is 14.8. The Morgan fingerprint density at radius 3 is 1.67 bits per heavy atom. The number of hydrogen-bond donors (Lipinski definition) is 0. The topological polar surface area (TPSA) is 35.6 Å². The zero-order valence-corrected chi connectivity index (χ0v) is 24.6. The van der Waals surface area contributed by atoms with Gasteiger partial charge >= 0.3 is 0 Å². The van der Waals surface area contributed by atoms with E-state index in [4.69, 9.17) is 9.97 Å². The SMILES string of the molecule is Cn1c(-c2ccc(-c3ccc4c(c3)CC(C)(c3ccc(-c5nc6ccccc6n5C)cc3)C=C4)cc2)nc2ccccc21. The second kappa shape index (κ2) is 9.67. The van der Waals surface area contributed by atoms with Crippen molar-refractivity contribution in [1.82, 2.24) is 19.1 Å².